The summed E-state index contributed by atoms with van der Waals surface area (Å²) in [5, 5.41) is 3.50. The van der Waals surface area contributed by atoms with Crippen molar-refractivity contribution in [1.29, 1.82) is 0 Å². The van der Waals surface area contributed by atoms with Crippen LogP contribution in [-0.4, -0.2) is 6.54 Å². The normalized spacial score (nSPS) is 24.2. The van der Waals surface area contributed by atoms with Gasteiger partial charge in [-0.15, -0.1) is 0 Å². The molecule has 1 fully saturated rings. The minimum Gasteiger partial charge on any atom is -0.466 e. The van der Waals surface area contributed by atoms with Gasteiger partial charge in [-0.1, -0.05) is 12.8 Å². The third-order valence-electron chi connectivity index (χ3n) is 2.52. The highest BCUT2D eigenvalue weighted by Crippen LogP contribution is 2.29. The van der Waals surface area contributed by atoms with E-state index in [1.165, 1.54) is 25.7 Å². The van der Waals surface area contributed by atoms with Gasteiger partial charge in [0.05, 0.1) is 16.8 Å². The molecule has 3 heteroatoms. The van der Waals surface area contributed by atoms with E-state index in [0.29, 0.717) is 6.04 Å². The van der Waals surface area contributed by atoms with Crippen molar-refractivity contribution in [3.05, 3.63) is 22.6 Å². The Bertz CT molecular complexity index is 264. The Morgan fingerprint density at radius 1 is 1.38 bits per heavy atom. The molecule has 1 N–H and O–H groups in total. The molecule has 72 valence electrons. The van der Waals surface area contributed by atoms with Gasteiger partial charge in [0.2, 0.25) is 0 Å². The van der Waals surface area contributed by atoms with Crippen molar-refractivity contribution in [2.45, 2.75) is 31.7 Å². The fraction of sp³-hybridized carbons (Fsp3) is 0.600. The molecule has 1 aromatic heterocycles. The molecule has 1 aliphatic rings. The van der Waals surface area contributed by atoms with Gasteiger partial charge >= 0.3 is 0 Å². The summed E-state index contributed by atoms with van der Waals surface area (Å²) >= 11 is 3.49. The molecular weight excluding hydrogens is 230 g/mol. The van der Waals surface area contributed by atoms with Crippen molar-refractivity contribution in [3.63, 3.8) is 0 Å². The number of rotatable bonds is 1. The fourth-order valence-electron chi connectivity index (χ4n) is 1.81. The van der Waals surface area contributed by atoms with Crippen LogP contribution in [0.15, 0.2) is 21.2 Å². The quantitative estimate of drug-likeness (QED) is 0.820. The molecule has 1 saturated heterocycles. The lowest BCUT2D eigenvalue weighted by Crippen LogP contribution is -2.19. The van der Waals surface area contributed by atoms with Gasteiger partial charge < -0.3 is 9.73 Å². The van der Waals surface area contributed by atoms with Crippen LogP contribution in [0.1, 0.15) is 37.5 Å². The van der Waals surface area contributed by atoms with E-state index in [1.807, 2.05) is 6.07 Å². The van der Waals surface area contributed by atoms with Gasteiger partial charge in [0.1, 0.15) is 5.76 Å². The largest absolute Gasteiger partial charge is 0.466 e. The summed E-state index contributed by atoms with van der Waals surface area (Å²) in [6, 6.07) is 2.37. The fourth-order valence-corrected chi connectivity index (χ4v) is 2.28. The lowest BCUT2D eigenvalue weighted by molar-refractivity contribution is 0.406. The van der Waals surface area contributed by atoms with E-state index in [0.717, 1.165) is 16.8 Å². The highest BCUT2D eigenvalue weighted by molar-refractivity contribution is 9.10. The first-order valence-corrected chi connectivity index (χ1v) is 5.63. The first kappa shape index (κ1) is 9.28. The molecule has 0 bridgehead atoms. The van der Waals surface area contributed by atoms with Crippen LogP contribution < -0.4 is 5.32 Å². The predicted octanol–water partition coefficient (Wildman–Crippen LogP) is 3.25. The van der Waals surface area contributed by atoms with Crippen LogP contribution in [0.2, 0.25) is 0 Å². The van der Waals surface area contributed by atoms with Gasteiger partial charge in [0.15, 0.2) is 0 Å². The van der Waals surface area contributed by atoms with Gasteiger partial charge in [0.25, 0.3) is 0 Å². The minimum atomic E-state index is 0.409. The topological polar surface area (TPSA) is 25.2 Å². The molecule has 0 amide bonds. The zero-order chi connectivity index (χ0) is 9.10. The lowest BCUT2D eigenvalue weighted by atomic mass is 10.1. The second-order valence-electron chi connectivity index (χ2n) is 3.49. The second kappa shape index (κ2) is 4.29. The predicted molar refractivity (Wildman–Crippen MR) is 55.6 cm³/mol. The standard InChI is InChI=1S/C10H14BrNO/c11-8-5-7-13-10(8)9-4-2-1-3-6-12-9/h5,7,9,12H,1-4,6H2. The van der Waals surface area contributed by atoms with Crippen LogP contribution in [0.4, 0.5) is 0 Å². The monoisotopic (exact) mass is 243 g/mol. The van der Waals surface area contributed by atoms with Crippen molar-refractivity contribution < 1.29 is 4.42 Å². The van der Waals surface area contributed by atoms with Crippen molar-refractivity contribution in [2.24, 2.45) is 0 Å². The molecule has 13 heavy (non-hydrogen) atoms. The molecule has 0 aromatic carbocycles. The molecule has 1 atom stereocenters. The maximum absolute atomic E-state index is 5.45. The van der Waals surface area contributed by atoms with Crippen molar-refractivity contribution in [3.8, 4) is 0 Å². The summed E-state index contributed by atoms with van der Waals surface area (Å²) in [7, 11) is 0. The molecule has 1 unspecified atom stereocenters. The van der Waals surface area contributed by atoms with Crippen LogP contribution in [0, 0.1) is 0 Å². The maximum atomic E-state index is 5.45. The highest BCUT2D eigenvalue weighted by Gasteiger charge is 2.18. The molecule has 2 heterocycles. The molecule has 0 radical (unpaired) electrons. The molecule has 0 aliphatic carbocycles. The van der Waals surface area contributed by atoms with Crippen LogP contribution >= 0.6 is 15.9 Å². The minimum absolute atomic E-state index is 0.409. The maximum Gasteiger partial charge on any atom is 0.134 e. The van der Waals surface area contributed by atoms with Crippen molar-refractivity contribution in [2.75, 3.05) is 6.54 Å². The lowest BCUT2D eigenvalue weighted by Gasteiger charge is -2.13. The van der Waals surface area contributed by atoms with E-state index in [-0.39, 0.29) is 0 Å². The van der Waals surface area contributed by atoms with E-state index >= 15 is 0 Å². The summed E-state index contributed by atoms with van der Waals surface area (Å²) in [5.74, 6) is 1.06. The Kier molecular flexibility index (Phi) is 3.06. The molecule has 2 nitrogen and oxygen atoms in total. The van der Waals surface area contributed by atoms with Crippen LogP contribution in [0.5, 0.6) is 0 Å². The first-order valence-electron chi connectivity index (χ1n) is 4.84. The Labute approximate surface area is 86.8 Å². The Morgan fingerprint density at radius 2 is 2.31 bits per heavy atom. The number of furan rings is 1. The van der Waals surface area contributed by atoms with Crippen LogP contribution in [-0.2, 0) is 0 Å². The first-order chi connectivity index (χ1) is 6.38. The van der Waals surface area contributed by atoms with E-state index < -0.39 is 0 Å². The van der Waals surface area contributed by atoms with Crippen molar-refractivity contribution >= 4 is 15.9 Å². The number of hydrogen-bond donors (Lipinski definition) is 1. The molecule has 1 aromatic rings. The third-order valence-corrected chi connectivity index (χ3v) is 3.18. The molecular formula is C10H14BrNO. The number of nitrogens with one attached hydrogen (secondary N) is 1. The smallest absolute Gasteiger partial charge is 0.134 e. The van der Waals surface area contributed by atoms with Gasteiger partial charge in [-0.3, -0.25) is 0 Å². The van der Waals surface area contributed by atoms with Crippen molar-refractivity contribution in [1.82, 2.24) is 5.32 Å². The van der Waals surface area contributed by atoms with E-state index in [2.05, 4.69) is 21.2 Å². The summed E-state index contributed by atoms with van der Waals surface area (Å²) in [6.07, 6.45) is 6.85. The summed E-state index contributed by atoms with van der Waals surface area (Å²) < 4.78 is 6.54. The Balaban J connectivity index is 2.10. The molecule has 1 aliphatic heterocycles. The number of halogens is 1. The van der Waals surface area contributed by atoms with Gasteiger partial charge in [-0.05, 0) is 41.4 Å². The van der Waals surface area contributed by atoms with Gasteiger partial charge in [-0.2, -0.15) is 0 Å². The Morgan fingerprint density at radius 3 is 3.08 bits per heavy atom. The zero-order valence-corrected chi connectivity index (χ0v) is 9.14. The summed E-state index contributed by atoms with van der Waals surface area (Å²) in [5.41, 5.74) is 0. The average molecular weight is 244 g/mol. The van der Waals surface area contributed by atoms with E-state index in [1.54, 1.807) is 6.26 Å². The number of hydrogen-bond acceptors (Lipinski definition) is 2. The molecule has 2 rings (SSSR count). The third kappa shape index (κ3) is 2.15. The average Bonchev–Trinajstić information content (AvgIpc) is 2.43. The summed E-state index contributed by atoms with van der Waals surface area (Å²) in [4.78, 5) is 0. The van der Waals surface area contributed by atoms with Crippen LogP contribution in [0.3, 0.4) is 0 Å². The van der Waals surface area contributed by atoms with E-state index in [4.69, 9.17) is 4.42 Å². The zero-order valence-electron chi connectivity index (χ0n) is 7.55. The SMILES string of the molecule is Brc1ccoc1C1CCCCCN1. The van der Waals surface area contributed by atoms with Crippen LogP contribution in [0.25, 0.3) is 0 Å². The van der Waals surface area contributed by atoms with Gasteiger partial charge in [-0.25, -0.2) is 0 Å². The molecule has 0 saturated carbocycles. The second-order valence-corrected chi connectivity index (χ2v) is 4.34. The Hall–Kier alpha value is -0.280. The summed E-state index contributed by atoms with van der Waals surface area (Å²) in [6.45, 7) is 1.11. The van der Waals surface area contributed by atoms with Gasteiger partial charge in [0, 0.05) is 0 Å². The highest BCUT2D eigenvalue weighted by atomic mass is 79.9. The molecule has 0 spiro atoms. The van der Waals surface area contributed by atoms with E-state index in [9.17, 15) is 0 Å².